The van der Waals surface area contributed by atoms with E-state index < -0.39 is 10.0 Å². The molecule has 0 radical (unpaired) electrons. The number of ether oxygens (including phenoxy) is 1. The lowest BCUT2D eigenvalue weighted by Gasteiger charge is -2.08. The number of nitrogens with one attached hydrogen (secondary N) is 1. The third kappa shape index (κ3) is 3.75. The topological polar surface area (TPSA) is 68.3 Å². The molecule has 114 valence electrons. The second-order valence-electron chi connectivity index (χ2n) is 4.63. The Morgan fingerprint density at radius 2 is 2.10 bits per heavy atom. The normalized spacial score (nSPS) is 11.7. The predicted molar refractivity (Wildman–Crippen MR) is 87.7 cm³/mol. The second kappa shape index (κ2) is 6.33. The minimum Gasteiger partial charge on any atom is -0.496 e. The van der Waals surface area contributed by atoms with Crippen LogP contribution in [0.4, 0.5) is 5.13 Å². The number of aromatic nitrogens is 1. The van der Waals surface area contributed by atoms with Crippen molar-refractivity contribution in [3.8, 4) is 5.75 Å². The Hall–Kier alpha value is -1.12. The zero-order valence-electron chi connectivity index (χ0n) is 11.8. The number of benzene rings is 1. The zero-order valence-corrected chi connectivity index (χ0v) is 15.0. The van der Waals surface area contributed by atoms with Crippen LogP contribution in [0.25, 0.3) is 0 Å². The van der Waals surface area contributed by atoms with Gasteiger partial charge in [0.15, 0.2) is 5.13 Å². The van der Waals surface area contributed by atoms with Gasteiger partial charge in [0.2, 0.25) is 0 Å². The van der Waals surface area contributed by atoms with E-state index in [4.69, 9.17) is 4.74 Å². The molecule has 0 saturated carbocycles. The van der Waals surface area contributed by atoms with Crippen LogP contribution in [-0.2, 0) is 10.0 Å². The fourth-order valence-electron chi connectivity index (χ4n) is 1.59. The van der Waals surface area contributed by atoms with Crippen molar-refractivity contribution in [2.75, 3.05) is 11.8 Å². The van der Waals surface area contributed by atoms with Gasteiger partial charge in [-0.25, -0.2) is 13.4 Å². The molecule has 0 unspecified atom stereocenters. The Morgan fingerprint density at radius 3 is 2.62 bits per heavy atom. The first-order valence-corrected chi connectivity index (χ1v) is 9.31. The molecule has 0 aliphatic carbocycles. The molecule has 8 heteroatoms. The fourth-order valence-corrected chi connectivity index (χ4v) is 4.43. The van der Waals surface area contributed by atoms with E-state index in [-0.39, 0.29) is 10.8 Å². The highest BCUT2D eigenvalue weighted by Gasteiger charge is 2.18. The number of thiazole rings is 1. The Balaban J connectivity index is 2.27. The molecular formula is C13H15BrN2O3S2. The molecule has 21 heavy (non-hydrogen) atoms. The first-order valence-electron chi connectivity index (χ1n) is 6.15. The van der Waals surface area contributed by atoms with Gasteiger partial charge in [-0.2, -0.15) is 0 Å². The van der Waals surface area contributed by atoms with Gasteiger partial charge in [-0.1, -0.05) is 13.8 Å². The molecule has 0 aliphatic rings. The van der Waals surface area contributed by atoms with Gasteiger partial charge in [0.1, 0.15) is 5.75 Å². The Morgan fingerprint density at radius 1 is 1.38 bits per heavy atom. The molecule has 1 N–H and O–H groups in total. The number of sulfonamides is 1. The third-order valence-corrected chi connectivity index (χ3v) is 5.63. The van der Waals surface area contributed by atoms with Crippen LogP contribution in [0, 0.1) is 0 Å². The molecule has 2 aromatic rings. The average molecular weight is 391 g/mol. The van der Waals surface area contributed by atoms with Crippen LogP contribution in [0.1, 0.15) is 25.5 Å². The summed E-state index contributed by atoms with van der Waals surface area (Å²) in [7, 11) is -2.14. The molecule has 1 aromatic carbocycles. The van der Waals surface area contributed by atoms with Crippen LogP contribution in [0.3, 0.4) is 0 Å². The first kappa shape index (κ1) is 16.3. The van der Waals surface area contributed by atoms with Gasteiger partial charge in [-0.3, -0.25) is 4.72 Å². The SMILES string of the molecule is COc1ccc(S(=O)(=O)Nc2nc(C(C)C)cs2)cc1Br. The van der Waals surface area contributed by atoms with Crippen molar-refractivity contribution in [3.05, 3.63) is 33.7 Å². The Bertz CT molecular complexity index is 742. The number of rotatable bonds is 5. The molecule has 0 aliphatic heterocycles. The summed E-state index contributed by atoms with van der Waals surface area (Å²) >= 11 is 4.55. The van der Waals surface area contributed by atoms with Crippen LogP contribution in [0.5, 0.6) is 5.75 Å². The van der Waals surface area contributed by atoms with E-state index in [0.29, 0.717) is 15.4 Å². The van der Waals surface area contributed by atoms with E-state index in [9.17, 15) is 8.42 Å². The van der Waals surface area contributed by atoms with Crippen molar-refractivity contribution < 1.29 is 13.2 Å². The lowest BCUT2D eigenvalue weighted by molar-refractivity contribution is 0.411. The third-order valence-electron chi connectivity index (χ3n) is 2.77. The van der Waals surface area contributed by atoms with Crippen LogP contribution >= 0.6 is 27.3 Å². The van der Waals surface area contributed by atoms with E-state index in [1.807, 2.05) is 19.2 Å². The van der Waals surface area contributed by atoms with E-state index >= 15 is 0 Å². The van der Waals surface area contributed by atoms with Gasteiger partial charge < -0.3 is 4.74 Å². The smallest absolute Gasteiger partial charge is 0.263 e. The summed E-state index contributed by atoms with van der Waals surface area (Å²) in [6, 6.07) is 4.58. The van der Waals surface area contributed by atoms with Gasteiger partial charge in [-0.05, 0) is 40.0 Å². The van der Waals surface area contributed by atoms with E-state index in [0.717, 1.165) is 5.69 Å². The van der Waals surface area contributed by atoms with Crippen molar-refractivity contribution in [2.24, 2.45) is 0 Å². The van der Waals surface area contributed by atoms with Crippen LogP contribution in [0.15, 0.2) is 32.9 Å². The molecule has 1 heterocycles. The maximum atomic E-state index is 12.3. The first-order chi connectivity index (χ1) is 9.83. The fraction of sp³-hybridized carbons (Fsp3) is 0.308. The maximum absolute atomic E-state index is 12.3. The molecule has 0 saturated heterocycles. The molecular weight excluding hydrogens is 376 g/mol. The second-order valence-corrected chi connectivity index (χ2v) is 8.03. The van der Waals surface area contributed by atoms with Crippen molar-refractivity contribution in [1.29, 1.82) is 0 Å². The number of anilines is 1. The minimum atomic E-state index is -3.66. The quantitative estimate of drug-likeness (QED) is 0.841. The molecule has 0 spiro atoms. The van der Waals surface area contributed by atoms with Crippen LogP contribution in [0.2, 0.25) is 0 Å². The minimum absolute atomic E-state index is 0.150. The van der Waals surface area contributed by atoms with Gasteiger partial charge in [0.25, 0.3) is 10.0 Å². The lowest BCUT2D eigenvalue weighted by atomic mass is 10.2. The summed E-state index contributed by atoms with van der Waals surface area (Å²) in [6.45, 7) is 4.02. The standard InChI is InChI=1S/C13H15BrN2O3S2/c1-8(2)11-7-20-13(15-11)16-21(17,18)9-4-5-12(19-3)10(14)6-9/h4-8H,1-3H3,(H,15,16). The van der Waals surface area contributed by atoms with Crippen molar-refractivity contribution in [1.82, 2.24) is 4.98 Å². The lowest BCUT2D eigenvalue weighted by Crippen LogP contribution is -2.13. The number of halogens is 1. The van der Waals surface area contributed by atoms with E-state index in [1.165, 1.54) is 30.6 Å². The summed E-state index contributed by atoms with van der Waals surface area (Å²) < 4.78 is 32.8. The molecule has 1 aromatic heterocycles. The highest BCUT2D eigenvalue weighted by atomic mass is 79.9. The maximum Gasteiger partial charge on any atom is 0.263 e. The van der Waals surface area contributed by atoms with E-state index in [1.54, 1.807) is 6.07 Å². The summed E-state index contributed by atoms with van der Waals surface area (Å²) in [4.78, 5) is 4.42. The molecule has 5 nitrogen and oxygen atoms in total. The average Bonchev–Trinajstić information content (AvgIpc) is 2.86. The molecule has 0 atom stereocenters. The zero-order chi connectivity index (χ0) is 15.6. The van der Waals surface area contributed by atoms with Gasteiger partial charge in [0, 0.05) is 5.38 Å². The van der Waals surface area contributed by atoms with Crippen LogP contribution < -0.4 is 9.46 Å². The largest absolute Gasteiger partial charge is 0.496 e. The molecule has 0 fully saturated rings. The van der Waals surface area contributed by atoms with Crippen molar-refractivity contribution in [2.45, 2.75) is 24.7 Å². The van der Waals surface area contributed by atoms with Crippen molar-refractivity contribution in [3.63, 3.8) is 0 Å². The number of nitrogens with zero attached hydrogens (tertiary/aromatic N) is 1. The molecule has 2 rings (SSSR count). The molecule has 0 amide bonds. The summed E-state index contributed by atoms with van der Waals surface area (Å²) in [5.41, 5.74) is 0.869. The monoisotopic (exact) mass is 390 g/mol. The summed E-state index contributed by atoms with van der Waals surface area (Å²) in [5.74, 6) is 0.833. The van der Waals surface area contributed by atoms with Gasteiger partial charge >= 0.3 is 0 Å². The highest BCUT2D eigenvalue weighted by Crippen LogP contribution is 2.29. The van der Waals surface area contributed by atoms with Gasteiger partial charge in [0.05, 0.1) is 22.2 Å². The Labute approximate surface area is 136 Å². The summed E-state index contributed by atoms with van der Waals surface area (Å²) in [6.07, 6.45) is 0. The number of hydrogen-bond donors (Lipinski definition) is 1. The number of hydrogen-bond acceptors (Lipinski definition) is 5. The van der Waals surface area contributed by atoms with Gasteiger partial charge in [-0.15, -0.1) is 11.3 Å². The molecule has 0 bridgehead atoms. The highest BCUT2D eigenvalue weighted by molar-refractivity contribution is 9.10. The van der Waals surface area contributed by atoms with E-state index in [2.05, 4.69) is 25.6 Å². The number of methoxy groups -OCH3 is 1. The summed E-state index contributed by atoms with van der Waals surface area (Å²) in [5, 5.41) is 2.22. The predicted octanol–water partition coefficient (Wildman–Crippen LogP) is 3.84. The van der Waals surface area contributed by atoms with Crippen LogP contribution in [-0.4, -0.2) is 20.5 Å². The Kier molecular flexibility index (Phi) is 4.90. The van der Waals surface area contributed by atoms with Crippen molar-refractivity contribution >= 4 is 42.4 Å².